The fourth-order valence-electron chi connectivity index (χ4n) is 3.50. The Bertz CT molecular complexity index is 305. The maximum Gasteiger partial charge on any atom is 0.314 e. The molecule has 5 heteroatoms. The minimum absolute atomic E-state index is 0.147. The quantitative estimate of drug-likeness (QED) is 0.646. The normalized spacial score (nSPS) is 50.1. The molecule has 3 fully saturated rings. The summed E-state index contributed by atoms with van der Waals surface area (Å²) in [6, 6.07) is 0. The molecule has 0 aromatic carbocycles. The van der Waals surface area contributed by atoms with Gasteiger partial charge in [0.25, 0.3) is 0 Å². The summed E-state index contributed by atoms with van der Waals surface area (Å²) in [6.45, 7) is 0.687. The summed E-state index contributed by atoms with van der Waals surface area (Å²) in [5.41, 5.74) is 0. The van der Waals surface area contributed by atoms with Crippen molar-refractivity contribution in [2.45, 2.75) is 25.4 Å². The smallest absolute Gasteiger partial charge is 0.314 e. The Morgan fingerprint density at radius 2 is 2.25 bits per heavy atom. The molecular weight excluding hydrogens is 212 g/mol. The van der Waals surface area contributed by atoms with Gasteiger partial charge in [-0.15, -0.1) is 0 Å². The van der Waals surface area contributed by atoms with E-state index < -0.39 is 12.2 Å². The van der Waals surface area contributed by atoms with E-state index in [9.17, 15) is 9.90 Å². The molecule has 1 aliphatic carbocycles. The van der Waals surface area contributed by atoms with Crippen molar-refractivity contribution in [3.8, 4) is 0 Å². The van der Waals surface area contributed by atoms with E-state index in [1.54, 1.807) is 0 Å². The lowest BCUT2D eigenvalue weighted by Gasteiger charge is -2.38. The van der Waals surface area contributed by atoms with E-state index in [-0.39, 0.29) is 24.1 Å². The molecule has 3 aliphatic rings. The number of hydrogen-bond donors (Lipinski definition) is 1. The summed E-state index contributed by atoms with van der Waals surface area (Å²) in [5.74, 6) is -0.0303. The zero-order valence-corrected chi connectivity index (χ0v) is 9.17. The van der Waals surface area contributed by atoms with Gasteiger partial charge in [-0.1, -0.05) is 0 Å². The van der Waals surface area contributed by atoms with Gasteiger partial charge in [-0.25, -0.2) is 0 Å². The molecule has 0 spiro atoms. The predicted molar refractivity (Wildman–Crippen MR) is 52.0 cm³/mol. The molecule has 6 atom stereocenters. The van der Waals surface area contributed by atoms with Crippen LogP contribution in [-0.2, 0) is 19.0 Å². The van der Waals surface area contributed by atoms with Gasteiger partial charge in [0.15, 0.2) is 12.6 Å². The second kappa shape index (κ2) is 3.68. The van der Waals surface area contributed by atoms with Crippen molar-refractivity contribution in [2.75, 3.05) is 13.7 Å². The molecule has 0 radical (unpaired) electrons. The van der Waals surface area contributed by atoms with Crippen molar-refractivity contribution >= 4 is 5.97 Å². The van der Waals surface area contributed by atoms with E-state index in [0.717, 1.165) is 12.8 Å². The summed E-state index contributed by atoms with van der Waals surface area (Å²) in [5, 5.41) is 9.83. The van der Waals surface area contributed by atoms with Crippen molar-refractivity contribution in [1.29, 1.82) is 0 Å². The minimum atomic E-state index is -1.09. The molecule has 1 saturated carbocycles. The summed E-state index contributed by atoms with van der Waals surface area (Å²) in [7, 11) is 1.35. The number of ether oxygens (including phenoxy) is 3. The first-order valence-electron chi connectivity index (χ1n) is 5.75. The van der Waals surface area contributed by atoms with Gasteiger partial charge in [0.2, 0.25) is 0 Å². The van der Waals surface area contributed by atoms with E-state index in [1.807, 2.05) is 0 Å². The van der Waals surface area contributed by atoms with Gasteiger partial charge in [0, 0.05) is 5.92 Å². The third-order valence-electron chi connectivity index (χ3n) is 4.21. The number of hydrogen-bond acceptors (Lipinski definition) is 5. The Hall–Kier alpha value is -0.650. The maximum absolute atomic E-state index is 11.7. The van der Waals surface area contributed by atoms with Crippen LogP contribution in [0.5, 0.6) is 0 Å². The predicted octanol–water partition coefficient (Wildman–Crippen LogP) is 0.123. The van der Waals surface area contributed by atoms with Gasteiger partial charge in [0.1, 0.15) is 5.92 Å². The van der Waals surface area contributed by atoms with Crippen molar-refractivity contribution < 1.29 is 24.1 Å². The number of aliphatic hydroxyl groups is 1. The minimum Gasteiger partial charge on any atom is -0.469 e. The monoisotopic (exact) mass is 228 g/mol. The van der Waals surface area contributed by atoms with E-state index in [4.69, 9.17) is 14.2 Å². The standard InChI is InChI=1S/C11H16O5/c1-14-9(12)8-6-3-2-5-4-15-11(7(5)6)16-10(8)13/h5-8,10-11,13H,2-4H2,1H3/t5-,6-,7+,8?,10?,11-/m0/s1. The van der Waals surface area contributed by atoms with Gasteiger partial charge in [0.05, 0.1) is 13.7 Å². The molecule has 0 aromatic heterocycles. The molecule has 1 N–H and O–H groups in total. The number of carbonyl (C=O) groups is 1. The molecule has 0 amide bonds. The van der Waals surface area contributed by atoms with Crippen molar-refractivity contribution in [3.05, 3.63) is 0 Å². The van der Waals surface area contributed by atoms with Gasteiger partial charge in [-0.3, -0.25) is 4.79 Å². The topological polar surface area (TPSA) is 65.0 Å². The lowest BCUT2D eigenvalue weighted by Crippen LogP contribution is -2.48. The van der Waals surface area contributed by atoms with Crippen LogP contribution < -0.4 is 0 Å². The Morgan fingerprint density at radius 3 is 3.00 bits per heavy atom. The lowest BCUT2D eigenvalue weighted by atomic mass is 9.79. The maximum atomic E-state index is 11.7. The molecule has 2 unspecified atom stereocenters. The van der Waals surface area contributed by atoms with Crippen molar-refractivity contribution in [1.82, 2.24) is 0 Å². The summed E-state index contributed by atoms with van der Waals surface area (Å²) in [4.78, 5) is 11.7. The Labute approximate surface area is 93.7 Å². The summed E-state index contributed by atoms with van der Waals surface area (Å²) >= 11 is 0. The van der Waals surface area contributed by atoms with Gasteiger partial charge in [-0.05, 0) is 24.7 Å². The first kappa shape index (κ1) is 10.5. The molecular formula is C11H16O5. The SMILES string of the molecule is COC(=O)C1C(O)O[C@@H]2OC[C@@H]3CC[C@H]1[C@@H]32. The highest BCUT2D eigenvalue weighted by molar-refractivity contribution is 5.73. The zero-order valence-electron chi connectivity index (χ0n) is 9.17. The second-order valence-electron chi connectivity index (χ2n) is 4.86. The average molecular weight is 228 g/mol. The van der Waals surface area contributed by atoms with Crippen LogP contribution in [-0.4, -0.2) is 37.4 Å². The molecule has 2 heterocycles. The van der Waals surface area contributed by atoms with E-state index in [0.29, 0.717) is 12.5 Å². The molecule has 0 aromatic rings. The first-order valence-corrected chi connectivity index (χ1v) is 5.75. The molecule has 16 heavy (non-hydrogen) atoms. The van der Waals surface area contributed by atoms with Crippen LogP contribution in [0.2, 0.25) is 0 Å². The van der Waals surface area contributed by atoms with Crippen LogP contribution in [0.3, 0.4) is 0 Å². The van der Waals surface area contributed by atoms with Gasteiger partial charge < -0.3 is 19.3 Å². The summed E-state index contributed by atoms with van der Waals surface area (Å²) in [6.07, 6.45) is 0.592. The molecule has 90 valence electrons. The molecule has 0 bridgehead atoms. The third kappa shape index (κ3) is 1.31. The summed E-state index contributed by atoms with van der Waals surface area (Å²) < 4.78 is 15.6. The first-order chi connectivity index (χ1) is 7.72. The fourth-order valence-corrected chi connectivity index (χ4v) is 3.50. The highest BCUT2D eigenvalue weighted by atomic mass is 16.7. The highest BCUT2D eigenvalue weighted by Crippen LogP contribution is 2.52. The van der Waals surface area contributed by atoms with Crippen molar-refractivity contribution in [3.63, 3.8) is 0 Å². The molecule has 3 rings (SSSR count). The van der Waals surface area contributed by atoms with E-state index in [1.165, 1.54) is 7.11 Å². The number of esters is 1. The molecule has 5 nitrogen and oxygen atoms in total. The van der Waals surface area contributed by atoms with E-state index in [2.05, 4.69) is 0 Å². The van der Waals surface area contributed by atoms with Crippen LogP contribution in [0.25, 0.3) is 0 Å². The van der Waals surface area contributed by atoms with Crippen LogP contribution in [0.4, 0.5) is 0 Å². The fraction of sp³-hybridized carbons (Fsp3) is 0.909. The number of rotatable bonds is 1. The third-order valence-corrected chi connectivity index (χ3v) is 4.21. The van der Waals surface area contributed by atoms with Crippen molar-refractivity contribution in [2.24, 2.45) is 23.7 Å². The molecule has 2 aliphatic heterocycles. The van der Waals surface area contributed by atoms with Crippen LogP contribution in [0, 0.1) is 23.7 Å². The Morgan fingerprint density at radius 1 is 1.44 bits per heavy atom. The van der Waals surface area contributed by atoms with Gasteiger partial charge in [-0.2, -0.15) is 0 Å². The number of methoxy groups -OCH3 is 1. The lowest BCUT2D eigenvalue weighted by molar-refractivity contribution is -0.282. The number of aliphatic hydroxyl groups excluding tert-OH is 1. The second-order valence-corrected chi connectivity index (χ2v) is 4.86. The van der Waals surface area contributed by atoms with Crippen LogP contribution in [0.15, 0.2) is 0 Å². The molecule has 2 saturated heterocycles. The van der Waals surface area contributed by atoms with Gasteiger partial charge >= 0.3 is 5.97 Å². The Kier molecular flexibility index (Phi) is 2.42. The number of carbonyl (C=O) groups excluding carboxylic acids is 1. The average Bonchev–Trinajstić information content (AvgIpc) is 2.85. The zero-order chi connectivity index (χ0) is 11.3. The van der Waals surface area contributed by atoms with Crippen LogP contribution >= 0.6 is 0 Å². The van der Waals surface area contributed by atoms with Crippen LogP contribution in [0.1, 0.15) is 12.8 Å². The highest BCUT2D eigenvalue weighted by Gasteiger charge is 2.57. The largest absolute Gasteiger partial charge is 0.469 e. The van der Waals surface area contributed by atoms with E-state index >= 15 is 0 Å². The Balaban J connectivity index is 1.87.